The predicted octanol–water partition coefficient (Wildman–Crippen LogP) is 3.87. The van der Waals surface area contributed by atoms with Gasteiger partial charge in [0.25, 0.3) is 0 Å². The molecule has 5 unspecified atom stereocenters. The normalized spacial score (nSPS) is 34.9. The highest BCUT2D eigenvalue weighted by atomic mass is 32.2. The van der Waals surface area contributed by atoms with E-state index in [1.54, 1.807) is 7.11 Å². The smallest absolute Gasteiger partial charge is 0.216 e. The van der Waals surface area contributed by atoms with Gasteiger partial charge in [0.05, 0.1) is 18.5 Å². The number of fused-ring (bicyclic) bond motifs is 4. The minimum Gasteiger partial charge on any atom is -0.383 e. The molecule has 2 aliphatic carbocycles. The number of hydrogen-bond donors (Lipinski definition) is 3. The molecule has 9 nitrogen and oxygen atoms in total. The largest absolute Gasteiger partial charge is 0.383 e. The SMILES string of the molecule is COCCN1CC2(CC(N3CC4CCCC(C4)S(=O)(=O)NC4NC(CC(c5c(C)cccc5C)N4)OC[C@H]3CC(C)C)C2)C1. The van der Waals surface area contributed by atoms with Crippen LogP contribution in [0.2, 0.25) is 0 Å². The Morgan fingerprint density at radius 2 is 1.84 bits per heavy atom. The molecule has 5 aliphatic rings. The van der Waals surface area contributed by atoms with Crippen molar-refractivity contribution in [2.75, 3.05) is 46.5 Å². The second-order valence-corrected chi connectivity index (χ2v) is 17.2. The van der Waals surface area contributed by atoms with Gasteiger partial charge in [0.1, 0.15) is 12.5 Å². The van der Waals surface area contributed by atoms with Gasteiger partial charge in [-0.3, -0.25) is 20.4 Å². The van der Waals surface area contributed by atoms with Crippen molar-refractivity contribution in [1.82, 2.24) is 25.2 Å². The van der Waals surface area contributed by atoms with Gasteiger partial charge >= 0.3 is 0 Å². The zero-order valence-electron chi connectivity index (χ0n) is 27.7. The average molecular weight is 632 g/mol. The van der Waals surface area contributed by atoms with E-state index < -0.39 is 16.3 Å². The molecule has 3 saturated heterocycles. The molecule has 4 bridgehead atoms. The lowest BCUT2D eigenvalue weighted by atomic mass is 9.60. The van der Waals surface area contributed by atoms with Crippen molar-refractivity contribution >= 4 is 10.0 Å². The number of sulfonamides is 1. The first-order valence-corrected chi connectivity index (χ1v) is 18.8. The monoisotopic (exact) mass is 631 g/mol. The molecule has 0 radical (unpaired) electrons. The maximum atomic E-state index is 13.9. The van der Waals surface area contributed by atoms with E-state index in [2.05, 4.69) is 71.0 Å². The predicted molar refractivity (Wildman–Crippen MR) is 175 cm³/mol. The van der Waals surface area contributed by atoms with Crippen LogP contribution in [0.4, 0.5) is 0 Å². The van der Waals surface area contributed by atoms with E-state index in [-0.39, 0.29) is 17.5 Å². The Balaban J connectivity index is 1.25. The summed E-state index contributed by atoms with van der Waals surface area (Å²) in [6, 6.07) is 7.24. The highest BCUT2D eigenvalue weighted by Gasteiger charge is 2.54. The fourth-order valence-electron chi connectivity index (χ4n) is 9.18. The third-order valence-electron chi connectivity index (χ3n) is 11.2. The Kier molecular flexibility index (Phi) is 10.1. The lowest BCUT2D eigenvalue weighted by molar-refractivity contribution is -0.134. The molecule has 10 heteroatoms. The van der Waals surface area contributed by atoms with Crippen LogP contribution in [0, 0.1) is 31.1 Å². The summed E-state index contributed by atoms with van der Waals surface area (Å²) in [4.78, 5) is 5.32. The Hall–Kier alpha value is -1.11. The van der Waals surface area contributed by atoms with E-state index in [1.807, 2.05) is 0 Å². The number of ether oxygens (including phenoxy) is 2. The highest BCUT2D eigenvalue weighted by molar-refractivity contribution is 7.90. The average Bonchev–Trinajstić information content (AvgIpc) is 2.92. The molecular weight excluding hydrogens is 574 g/mol. The number of nitrogens with one attached hydrogen (secondary N) is 3. The van der Waals surface area contributed by atoms with E-state index in [4.69, 9.17) is 9.47 Å². The Labute approximate surface area is 266 Å². The third-order valence-corrected chi connectivity index (χ3v) is 13.1. The van der Waals surface area contributed by atoms with Crippen LogP contribution in [0.3, 0.4) is 0 Å². The molecule has 0 amide bonds. The van der Waals surface area contributed by atoms with Crippen molar-refractivity contribution in [3.63, 3.8) is 0 Å². The summed E-state index contributed by atoms with van der Waals surface area (Å²) in [6.07, 6.45) is 7.03. The quantitative estimate of drug-likeness (QED) is 0.418. The van der Waals surface area contributed by atoms with Crippen molar-refractivity contribution in [2.45, 2.75) is 115 Å². The Morgan fingerprint density at radius 3 is 2.55 bits per heavy atom. The van der Waals surface area contributed by atoms with Crippen LogP contribution in [0.1, 0.15) is 87.9 Å². The van der Waals surface area contributed by atoms with E-state index in [9.17, 15) is 8.42 Å². The maximum Gasteiger partial charge on any atom is 0.216 e. The molecule has 1 aromatic rings. The van der Waals surface area contributed by atoms with Gasteiger partial charge in [-0.1, -0.05) is 38.5 Å². The van der Waals surface area contributed by atoms with Crippen LogP contribution in [-0.2, 0) is 19.5 Å². The number of rotatable bonds is 7. The van der Waals surface area contributed by atoms with Crippen LogP contribution >= 0.6 is 0 Å². The van der Waals surface area contributed by atoms with Crippen molar-refractivity contribution in [3.05, 3.63) is 34.9 Å². The van der Waals surface area contributed by atoms with Crippen molar-refractivity contribution in [3.8, 4) is 0 Å². The molecule has 2 saturated carbocycles. The third kappa shape index (κ3) is 7.23. The lowest BCUT2D eigenvalue weighted by Gasteiger charge is -2.62. The molecule has 3 N–H and O–H groups in total. The lowest BCUT2D eigenvalue weighted by Crippen LogP contribution is -2.68. The number of benzene rings is 1. The molecule has 3 aliphatic heterocycles. The summed E-state index contributed by atoms with van der Waals surface area (Å²) >= 11 is 0. The van der Waals surface area contributed by atoms with Crippen LogP contribution in [0.5, 0.6) is 0 Å². The Bertz CT molecular complexity index is 1210. The summed E-state index contributed by atoms with van der Waals surface area (Å²) in [7, 11) is -1.74. The summed E-state index contributed by atoms with van der Waals surface area (Å²) in [5.41, 5.74) is 4.14. The van der Waals surface area contributed by atoms with Crippen molar-refractivity contribution < 1.29 is 17.9 Å². The van der Waals surface area contributed by atoms with Gasteiger partial charge in [-0.25, -0.2) is 8.42 Å². The first-order chi connectivity index (χ1) is 21.0. The van der Waals surface area contributed by atoms with Gasteiger partial charge in [0, 0.05) is 57.8 Å². The molecule has 0 aromatic heterocycles. The molecule has 6 rings (SSSR count). The second kappa shape index (κ2) is 13.6. The first kappa shape index (κ1) is 32.8. The molecule has 5 fully saturated rings. The van der Waals surface area contributed by atoms with Crippen LogP contribution in [0.15, 0.2) is 18.2 Å². The molecular formula is C34H57N5O4S. The molecule has 3 heterocycles. The zero-order chi connectivity index (χ0) is 31.1. The van der Waals surface area contributed by atoms with Gasteiger partial charge in [0.15, 0.2) is 0 Å². The Morgan fingerprint density at radius 1 is 1.09 bits per heavy atom. The van der Waals surface area contributed by atoms with E-state index in [0.717, 1.165) is 58.2 Å². The highest BCUT2D eigenvalue weighted by Crippen LogP contribution is 2.51. The first-order valence-electron chi connectivity index (χ1n) is 17.2. The van der Waals surface area contributed by atoms with Crippen LogP contribution < -0.4 is 15.4 Å². The fourth-order valence-corrected chi connectivity index (χ4v) is 10.8. The summed E-state index contributed by atoms with van der Waals surface area (Å²) in [5.74, 6) is 0.945. The number of nitrogens with zero attached hydrogens (tertiary/aromatic N) is 2. The van der Waals surface area contributed by atoms with Crippen LogP contribution in [-0.4, -0.2) is 94.6 Å². The summed E-state index contributed by atoms with van der Waals surface area (Å²) in [6.45, 7) is 14.8. The topological polar surface area (TPSA) is 95.2 Å². The molecule has 248 valence electrons. The molecule has 1 spiro atoms. The fraction of sp³-hybridized carbons (Fsp3) is 0.824. The minimum atomic E-state index is -3.53. The van der Waals surface area contributed by atoms with E-state index >= 15 is 0 Å². The number of aryl methyl sites for hydroxylation is 2. The van der Waals surface area contributed by atoms with Gasteiger partial charge in [-0.05, 0) is 86.3 Å². The van der Waals surface area contributed by atoms with Gasteiger partial charge < -0.3 is 9.47 Å². The molecule has 6 atom stereocenters. The zero-order valence-corrected chi connectivity index (χ0v) is 28.5. The molecule has 44 heavy (non-hydrogen) atoms. The van der Waals surface area contributed by atoms with Gasteiger partial charge in [0.2, 0.25) is 10.0 Å². The standard InChI is InChI=1S/C34H57N5O4S/c1-23(2)14-27-20-43-31-16-30(32-24(3)8-6-9-25(32)4)35-33(36-31)37-44(40,41)29-11-7-10-26(15-29)19-39(27)28-17-34(18-28)21-38(22-34)12-13-42-5/h6,8-9,23,26-31,33,35-37H,7,10-22H2,1-5H3/t26?,27-,29?,30?,31?,33?/m1/s1. The van der Waals surface area contributed by atoms with Gasteiger partial charge in [-0.15, -0.1) is 0 Å². The second-order valence-electron chi connectivity index (χ2n) is 15.2. The van der Waals surface area contributed by atoms with Crippen molar-refractivity contribution in [1.29, 1.82) is 0 Å². The van der Waals surface area contributed by atoms with Gasteiger partial charge in [-0.2, -0.15) is 4.72 Å². The number of hydrogen-bond acceptors (Lipinski definition) is 8. The van der Waals surface area contributed by atoms with E-state index in [0.29, 0.717) is 35.9 Å². The minimum absolute atomic E-state index is 0.00908. The maximum absolute atomic E-state index is 13.9. The summed E-state index contributed by atoms with van der Waals surface area (Å²) < 4.78 is 42.9. The van der Waals surface area contributed by atoms with Crippen molar-refractivity contribution in [2.24, 2.45) is 17.3 Å². The van der Waals surface area contributed by atoms with Crippen LogP contribution in [0.25, 0.3) is 0 Å². The molecule has 1 aromatic carbocycles. The van der Waals surface area contributed by atoms with E-state index in [1.165, 1.54) is 42.6 Å². The number of methoxy groups -OCH3 is 1. The summed E-state index contributed by atoms with van der Waals surface area (Å²) in [5, 5.41) is 6.75. The number of likely N-dealkylation sites (tertiary alicyclic amines) is 1.